The van der Waals surface area contributed by atoms with Gasteiger partial charge in [-0.05, 0) is 48.1 Å². The number of cyclic esters (lactones) is 1. The first kappa shape index (κ1) is 38.3. The Kier molecular flexibility index (Phi) is 15.0. The molecular weight excluding hydrogens is 647 g/mol. The highest BCUT2D eigenvalue weighted by Crippen LogP contribution is 2.32. The minimum Gasteiger partial charge on any atom is -0.495 e. The smallest absolute Gasteiger partial charge is 0.310 e. The molecule has 0 bridgehead atoms. The lowest BCUT2D eigenvalue weighted by Gasteiger charge is -2.34. The highest BCUT2D eigenvalue weighted by Gasteiger charge is 2.35. The van der Waals surface area contributed by atoms with Gasteiger partial charge in [-0.25, -0.2) is 0 Å². The number of esters is 1. The quantitative estimate of drug-likeness (QED) is 0.218. The van der Waals surface area contributed by atoms with Gasteiger partial charge in [0.2, 0.25) is 11.8 Å². The van der Waals surface area contributed by atoms with E-state index in [1.165, 1.54) is 19.3 Å². The maximum absolute atomic E-state index is 13.3. The van der Waals surface area contributed by atoms with Crippen LogP contribution in [0.2, 0.25) is 5.02 Å². The molecule has 0 saturated heterocycles. The van der Waals surface area contributed by atoms with E-state index in [1.54, 1.807) is 44.2 Å². The molecule has 258 valence electrons. The van der Waals surface area contributed by atoms with Gasteiger partial charge in [0.05, 0.1) is 35.6 Å². The van der Waals surface area contributed by atoms with Crippen LogP contribution in [0.1, 0.15) is 57.0 Å². The van der Waals surface area contributed by atoms with Crippen LogP contribution in [-0.2, 0) is 30.3 Å². The fraction of sp³-hybridized carbons (Fsp3) is 0.514. The van der Waals surface area contributed by atoms with E-state index >= 15 is 0 Å². The number of hydrogen-bond donors (Lipinski definition) is 4. The van der Waals surface area contributed by atoms with E-state index in [9.17, 15) is 24.6 Å². The lowest BCUT2D eigenvalue weighted by molar-refractivity contribution is -0.220. The number of carbonyl (C=O) groups is 3. The maximum Gasteiger partial charge on any atom is 0.310 e. The first-order valence-electron chi connectivity index (χ1n) is 15.8. The summed E-state index contributed by atoms with van der Waals surface area (Å²) in [5.74, 6) is -2.59. The molecule has 8 atom stereocenters. The number of rotatable bonds is 9. The van der Waals surface area contributed by atoms with Crippen LogP contribution in [0, 0.1) is 17.8 Å². The normalized spacial score (nSPS) is 25.3. The molecule has 0 fully saturated rings. The summed E-state index contributed by atoms with van der Waals surface area (Å²) in [6.07, 6.45) is -1.19. The molecule has 2 aromatic carbocycles. The summed E-state index contributed by atoms with van der Waals surface area (Å²) in [6, 6.07) is 13.2. The number of amides is 2. The molecule has 2 amide bonds. The van der Waals surface area contributed by atoms with Gasteiger partial charge in [-0.1, -0.05) is 81.8 Å². The molecule has 0 aliphatic carbocycles. The second-order valence-electron chi connectivity index (χ2n) is 12.4. The van der Waals surface area contributed by atoms with Crippen LogP contribution in [0.5, 0.6) is 5.75 Å². The summed E-state index contributed by atoms with van der Waals surface area (Å²) in [5, 5.41) is 27.5. The van der Waals surface area contributed by atoms with Crippen molar-refractivity contribution in [3.63, 3.8) is 0 Å². The van der Waals surface area contributed by atoms with Gasteiger partial charge in [-0.15, -0.1) is 11.6 Å². The van der Waals surface area contributed by atoms with Crippen molar-refractivity contribution in [1.29, 1.82) is 0 Å². The molecule has 0 spiro atoms. The summed E-state index contributed by atoms with van der Waals surface area (Å²) in [4.78, 5) is 39.5. The highest BCUT2D eigenvalue weighted by atomic mass is 35.5. The minimum absolute atomic E-state index is 0.0363. The molecule has 2 aromatic rings. The van der Waals surface area contributed by atoms with Crippen molar-refractivity contribution in [2.75, 3.05) is 13.7 Å². The Hall–Kier alpha value is -3.15. The minimum atomic E-state index is -1.54. The number of nitrogens with one attached hydrogen (secondary N) is 2. The van der Waals surface area contributed by atoms with Crippen LogP contribution >= 0.6 is 23.2 Å². The van der Waals surface area contributed by atoms with E-state index in [0.717, 1.165) is 0 Å². The van der Waals surface area contributed by atoms with Gasteiger partial charge in [0.25, 0.3) is 0 Å². The lowest BCUT2D eigenvalue weighted by atomic mass is 9.90. The monoisotopic (exact) mass is 692 g/mol. The molecular formula is C35H46Cl2N2O8. The van der Waals surface area contributed by atoms with Crippen LogP contribution in [-0.4, -0.2) is 72.3 Å². The third kappa shape index (κ3) is 11.5. The first-order valence-corrected chi connectivity index (χ1v) is 16.6. The molecule has 1 aliphatic rings. The Morgan fingerprint density at radius 3 is 2.43 bits per heavy atom. The molecule has 4 N–H and O–H groups in total. The topological polar surface area (TPSA) is 143 Å². The zero-order valence-electron chi connectivity index (χ0n) is 27.4. The molecule has 1 heterocycles. The molecule has 1 aliphatic heterocycles. The second kappa shape index (κ2) is 18.4. The molecule has 0 unspecified atom stereocenters. The third-order valence-corrected chi connectivity index (χ3v) is 8.86. The predicted octanol–water partition coefficient (Wildman–Crippen LogP) is 4.73. The van der Waals surface area contributed by atoms with Crippen LogP contribution in [0.3, 0.4) is 0 Å². The number of carbonyl (C=O) groups excluding carboxylic acids is 3. The van der Waals surface area contributed by atoms with E-state index in [-0.39, 0.29) is 25.3 Å². The van der Waals surface area contributed by atoms with Gasteiger partial charge in [0.15, 0.2) is 12.4 Å². The largest absolute Gasteiger partial charge is 0.495 e. The van der Waals surface area contributed by atoms with Crippen molar-refractivity contribution >= 4 is 41.0 Å². The third-order valence-electron chi connectivity index (χ3n) is 8.06. The average molecular weight is 694 g/mol. The van der Waals surface area contributed by atoms with Crippen LogP contribution in [0.25, 0.3) is 0 Å². The van der Waals surface area contributed by atoms with E-state index in [2.05, 4.69) is 10.6 Å². The van der Waals surface area contributed by atoms with E-state index in [0.29, 0.717) is 28.3 Å². The van der Waals surface area contributed by atoms with Gasteiger partial charge in [0, 0.05) is 18.9 Å². The number of halogens is 2. The van der Waals surface area contributed by atoms with Gasteiger partial charge >= 0.3 is 5.97 Å². The molecule has 3 rings (SSSR count). The zero-order valence-corrected chi connectivity index (χ0v) is 28.9. The Labute approximate surface area is 286 Å². The van der Waals surface area contributed by atoms with Gasteiger partial charge in [-0.3, -0.25) is 14.4 Å². The van der Waals surface area contributed by atoms with E-state index < -0.39 is 65.6 Å². The van der Waals surface area contributed by atoms with Gasteiger partial charge < -0.3 is 35.1 Å². The van der Waals surface area contributed by atoms with Crippen molar-refractivity contribution < 1.29 is 38.8 Å². The fourth-order valence-corrected chi connectivity index (χ4v) is 5.86. The molecule has 12 heteroatoms. The van der Waals surface area contributed by atoms with Gasteiger partial charge in [0.1, 0.15) is 11.8 Å². The van der Waals surface area contributed by atoms with Crippen LogP contribution < -0.4 is 15.4 Å². The molecule has 0 radical (unpaired) electrons. The molecule has 0 saturated carbocycles. The molecule has 47 heavy (non-hydrogen) atoms. The SMILES string of the molecule is COc1ccc(C[C@H]2NC(=O)C=CC[C@@H]([C@H](C)[C@@H](O)[C@@H](Cl)c3ccccc3)O[C@H](O)[C@H](CC(C)C)OC(=O)[C@H](C)CNC2=O)cc1Cl. The summed E-state index contributed by atoms with van der Waals surface area (Å²) in [6.45, 7) is 7.09. The standard InChI is InChI=1S/C35H46Cl2N2O8/c1-20(2)16-29-35(44)46-27(22(4)32(41)31(37)24-10-7-6-8-11-24)12-9-13-30(40)39-26(33(42)38-19-21(3)34(43)47-29)18-23-14-15-28(45-5)25(36)17-23/h6-11,13-15,17,20-22,26-27,29,31-32,35,41,44H,12,16,18-19H2,1-5H3,(H,38,42)(H,39,40)/t21-,22+,26-,27+,29+,31+,32-,35+/m1/s1. The number of alkyl halides is 1. The van der Waals surface area contributed by atoms with Crippen molar-refractivity contribution in [3.8, 4) is 5.75 Å². The number of aliphatic hydroxyl groups is 2. The second-order valence-corrected chi connectivity index (χ2v) is 13.2. The van der Waals surface area contributed by atoms with Crippen molar-refractivity contribution in [2.45, 2.75) is 83.0 Å². The fourth-order valence-electron chi connectivity index (χ4n) is 5.21. The Morgan fingerprint density at radius 1 is 1.09 bits per heavy atom. The Bertz CT molecular complexity index is 1360. The Morgan fingerprint density at radius 2 is 1.79 bits per heavy atom. The Balaban J connectivity index is 1.92. The maximum atomic E-state index is 13.3. The number of hydrogen-bond acceptors (Lipinski definition) is 8. The van der Waals surface area contributed by atoms with Crippen LogP contribution in [0.4, 0.5) is 0 Å². The summed E-state index contributed by atoms with van der Waals surface area (Å²) < 4.78 is 17.0. The number of ether oxygens (including phenoxy) is 3. The average Bonchev–Trinajstić information content (AvgIpc) is 3.04. The first-order chi connectivity index (χ1) is 22.3. The summed E-state index contributed by atoms with van der Waals surface area (Å²) in [5.41, 5.74) is 1.39. The predicted molar refractivity (Wildman–Crippen MR) is 180 cm³/mol. The van der Waals surface area contributed by atoms with E-state index in [4.69, 9.17) is 37.4 Å². The number of aliphatic hydroxyl groups excluding tert-OH is 2. The number of methoxy groups -OCH3 is 1. The van der Waals surface area contributed by atoms with Gasteiger partial charge in [-0.2, -0.15) is 0 Å². The highest BCUT2D eigenvalue weighted by molar-refractivity contribution is 6.32. The summed E-state index contributed by atoms with van der Waals surface area (Å²) >= 11 is 13.0. The lowest BCUT2D eigenvalue weighted by Crippen LogP contribution is -2.49. The molecule has 0 aromatic heterocycles. The zero-order chi connectivity index (χ0) is 34.7. The van der Waals surface area contributed by atoms with Crippen molar-refractivity contribution in [3.05, 3.63) is 76.8 Å². The van der Waals surface area contributed by atoms with Crippen molar-refractivity contribution in [2.24, 2.45) is 17.8 Å². The number of benzene rings is 2. The van der Waals surface area contributed by atoms with Crippen LogP contribution in [0.15, 0.2) is 60.7 Å². The van der Waals surface area contributed by atoms with E-state index in [1.807, 2.05) is 32.0 Å². The van der Waals surface area contributed by atoms with Crippen molar-refractivity contribution in [1.82, 2.24) is 10.6 Å². The molecule has 10 nitrogen and oxygen atoms in total. The summed E-state index contributed by atoms with van der Waals surface area (Å²) in [7, 11) is 1.50.